The van der Waals surface area contributed by atoms with E-state index < -0.39 is 23.9 Å². The fourth-order valence-electron chi connectivity index (χ4n) is 3.67. The molecule has 146 valence electrons. The third kappa shape index (κ3) is 4.57. The third-order valence-corrected chi connectivity index (χ3v) is 5.18. The van der Waals surface area contributed by atoms with Crippen molar-refractivity contribution in [1.82, 2.24) is 0 Å². The van der Waals surface area contributed by atoms with Crippen LogP contribution in [0, 0.1) is 5.92 Å². The number of fused-ring (bicyclic) bond motifs is 1. The fraction of sp³-hybridized carbons (Fsp3) is 0.318. The summed E-state index contributed by atoms with van der Waals surface area (Å²) in [4.78, 5) is 35.6. The van der Waals surface area contributed by atoms with Gasteiger partial charge in [-0.05, 0) is 36.5 Å². The normalized spacial score (nSPS) is 16.1. The highest BCUT2D eigenvalue weighted by Crippen LogP contribution is 2.32. The van der Waals surface area contributed by atoms with Crippen molar-refractivity contribution in [2.75, 3.05) is 5.32 Å². The lowest BCUT2D eigenvalue weighted by Gasteiger charge is -2.17. The first-order chi connectivity index (χ1) is 13.5. The highest BCUT2D eigenvalue weighted by Gasteiger charge is 2.31. The van der Waals surface area contributed by atoms with E-state index in [1.54, 1.807) is 18.2 Å². The Labute approximate surface area is 163 Å². The number of anilines is 1. The quantitative estimate of drug-likeness (QED) is 0.575. The molecule has 3 rings (SSSR count). The first-order valence-corrected chi connectivity index (χ1v) is 9.37. The molecule has 0 saturated heterocycles. The molecule has 3 N–H and O–H groups in total. The molecular formula is C22H23NO5. The Hall–Kier alpha value is -3.15. The Morgan fingerprint density at radius 2 is 1.75 bits per heavy atom. The maximum atomic E-state index is 13.2. The van der Waals surface area contributed by atoms with Gasteiger partial charge in [0.1, 0.15) is 6.04 Å². The van der Waals surface area contributed by atoms with Gasteiger partial charge < -0.3 is 15.5 Å². The smallest absolute Gasteiger partial charge is 0.326 e. The van der Waals surface area contributed by atoms with Gasteiger partial charge in [-0.15, -0.1) is 0 Å². The standard InChI is InChI=1S/C22H23NO5/c24-20(25)12-11-15(10-9-14-5-2-1-3-6-14)21(26)16-7-4-8-18-17(16)13-19(23-18)22(27)28/h1-8,15,19,23H,9-13H2,(H,24,25)(H,27,28)/t15?,19-/m0/s1. The van der Waals surface area contributed by atoms with E-state index in [-0.39, 0.29) is 25.0 Å². The lowest BCUT2D eigenvalue weighted by Crippen LogP contribution is -2.26. The Kier molecular flexibility index (Phi) is 6.09. The van der Waals surface area contributed by atoms with Crippen LogP contribution in [0.4, 0.5) is 5.69 Å². The number of carbonyl (C=O) groups excluding carboxylic acids is 1. The molecule has 0 spiro atoms. The van der Waals surface area contributed by atoms with Crippen molar-refractivity contribution in [2.45, 2.75) is 38.1 Å². The molecule has 1 aliphatic rings. The van der Waals surface area contributed by atoms with Gasteiger partial charge in [0.2, 0.25) is 0 Å². The maximum absolute atomic E-state index is 13.2. The number of rotatable bonds is 9. The van der Waals surface area contributed by atoms with E-state index in [1.165, 1.54) is 0 Å². The van der Waals surface area contributed by atoms with E-state index in [2.05, 4.69) is 5.32 Å². The molecule has 6 heteroatoms. The van der Waals surface area contributed by atoms with Crippen LogP contribution in [-0.2, 0) is 22.4 Å². The van der Waals surface area contributed by atoms with E-state index in [1.807, 2.05) is 30.3 Å². The summed E-state index contributed by atoms with van der Waals surface area (Å²) in [7, 11) is 0. The summed E-state index contributed by atoms with van der Waals surface area (Å²) >= 11 is 0. The van der Waals surface area contributed by atoms with Crippen LogP contribution in [0.15, 0.2) is 48.5 Å². The average Bonchev–Trinajstić information content (AvgIpc) is 3.13. The molecule has 1 heterocycles. The highest BCUT2D eigenvalue weighted by atomic mass is 16.4. The minimum absolute atomic E-state index is 0.0732. The molecule has 28 heavy (non-hydrogen) atoms. The van der Waals surface area contributed by atoms with Crippen molar-refractivity contribution in [2.24, 2.45) is 5.92 Å². The number of carbonyl (C=O) groups is 3. The SMILES string of the molecule is O=C(O)CCC(CCc1ccccc1)C(=O)c1cccc2c1C[C@@H](C(=O)O)N2. The zero-order valence-electron chi connectivity index (χ0n) is 15.4. The summed E-state index contributed by atoms with van der Waals surface area (Å²) in [5.41, 5.74) is 2.97. The van der Waals surface area contributed by atoms with Gasteiger partial charge >= 0.3 is 11.9 Å². The van der Waals surface area contributed by atoms with Gasteiger partial charge in [-0.3, -0.25) is 9.59 Å². The largest absolute Gasteiger partial charge is 0.481 e. The van der Waals surface area contributed by atoms with Crippen molar-refractivity contribution in [1.29, 1.82) is 0 Å². The summed E-state index contributed by atoms with van der Waals surface area (Å²) in [6.07, 6.45) is 1.67. The summed E-state index contributed by atoms with van der Waals surface area (Å²) in [6, 6.07) is 14.2. The van der Waals surface area contributed by atoms with Gasteiger partial charge in [0.05, 0.1) is 0 Å². The number of carboxylic acids is 2. The van der Waals surface area contributed by atoms with Crippen LogP contribution in [-0.4, -0.2) is 34.0 Å². The Balaban J connectivity index is 1.80. The molecule has 0 bridgehead atoms. The number of nitrogens with one attached hydrogen (secondary N) is 1. The number of ketones is 1. The van der Waals surface area contributed by atoms with Crippen molar-refractivity contribution >= 4 is 23.4 Å². The molecule has 2 aromatic rings. The molecule has 0 aliphatic carbocycles. The van der Waals surface area contributed by atoms with Crippen LogP contribution in [0.2, 0.25) is 0 Å². The lowest BCUT2D eigenvalue weighted by molar-refractivity contribution is -0.138. The van der Waals surface area contributed by atoms with Crippen molar-refractivity contribution in [3.05, 3.63) is 65.2 Å². The topological polar surface area (TPSA) is 104 Å². The Bertz CT molecular complexity index is 878. The van der Waals surface area contributed by atoms with E-state index in [9.17, 15) is 19.5 Å². The van der Waals surface area contributed by atoms with Gasteiger partial charge in [-0.2, -0.15) is 0 Å². The van der Waals surface area contributed by atoms with Gasteiger partial charge in [0.25, 0.3) is 0 Å². The molecule has 0 aromatic heterocycles. The zero-order valence-corrected chi connectivity index (χ0v) is 15.4. The van der Waals surface area contributed by atoms with Gasteiger partial charge in [0, 0.05) is 30.0 Å². The molecule has 0 amide bonds. The number of Topliss-reactive ketones (excluding diaryl/α,β-unsaturated/α-hetero) is 1. The summed E-state index contributed by atoms with van der Waals surface area (Å²) < 4.78 is 0. The van der Waals surface area contributed by atoms with E-state index in [0.29, 0.717) is 29.7 Å². The molecule has 0 radical (unpaired) electrons. The molecule has 2 aromatic carbocycles. The van der Waals surface area contributed by atoms with Gasteiger partial charge in [-0.1, -0.05) is 42.5 Å². The van der Waals surface area contributed by atoms with Crippen molar-refractivity contribution in [3.8, 4) is 0 Å². The molecule has 0 fully saturated rings. The Morgan fingerprint density at radius 1 is 1.00 bits per heavy atom. The predicted molar refractivity (Wildman–Crippen MR) is 105 cm³/mol. The number of hydrogen-bond donors (Lipinski definition) is 3. The number of aliphatic carboxylic acids is 2. The predicted octanol–water partition coefficient (Wildman–Crippen LogP) is 3.40. The number of hydrogen-bond acceptors (Lipinski definition) is 4. The highest BCUT2D eigenvalue weighted by molar-refractivity contribution is 6.01. The number of benzene rings is 2. The molecule has 0 saturated carbocycles. The number of aryl methyl sites for hydroxylation is 1. The molecular weight excluding hydrogens is 358 g/mol. The van der Waals surface area contributed by atoms with Crippen LogP contribution in [0.3, 0.4) is 0 Å². The second kappa shape index (κ2) is 8.69. The fourth-order valence-corrected chi connectivity index (χ4v) is 3.67. The summed E-state index contributed by atoms with van der Waals surface area (Å²) in [5, 5.41) is 21.3. The van der Waals surface area contributed by atoms with Crippen molar-refractivity contribution < 1.29 is 24.6 Å². The van der Waals surface area contributed by atoms with Crippen LogP contribution in [0.1, 0.15) is 40.7 Å². The van der Waals surface area contributed by atoms with Crippen LogP contribution < -0.4 is 5.32 Å². The van der Waals surface area contributed by atoms with Gasteiger partial charge in [-0.25, -0.2) is 4.79 Å². The number of carboxylic acid groups (broad SMARTS) is 2. The molecule has 1 unspecified atom stereocenters. The van der Waals surface area contributed by atoms with Crippen LogP contribution in [0.25, 0.3) is 0 Å². The third-order valence-electron chi connectivity index (χ3n) is 5.18. The minimum atomic E-state index is -0.957. The Morgan fingerprint density at radius 3 is 2.43 bits per heavy atom. The first-order valence-electron chi connectivity index (χ1n) is 9.37. The van der Waals surface area contributed by atoms with Gasteiger partial charge in [0.15, 0.2) is 5.78 Å². The molecule has 1 aliphatic heterocycles. The first kappa shape index (κ1) is 19.6. The van der Waals surface area contributed by atoms with Crippen LogP contribution >= 0.6 is 0 Å². The minimum Gasteiger partial charge on any atom is -0.481 e. The van der Waals surface area contributed by atoms with Crippen LogP contribution in [0.5, 0.6) is 0 Å². The zero-order chi connectivity index (χ0) is 20.1. The summed E-state index contributed by atoms with van der Waals surface area (Å²) in [5.74, 6) is -2.42. The average molecular weight is 381 g/mol. The second-order valence-electron chi connectivity index (χ2n) is 7.09. The van der Waals surface area contributed by atoms with E-state index in [4.69, 9.17) is 5.11 Å². The lowest BCUT2D eigenvalue weighted by atomic mass is 9.85. The van der Waals surface area contributed by atoms with Crippen molar-refractivity contribution in [3.63, 3.8) is 0 Å². The molecule has 2 atom stereocenters. The second-order valence-corrected chi connectivity index (χ2v) is 7.09. The molecule has 6 nitrogen and oxygen atoms in total. The monoisotopic (exact) mass is 381 g/mol. The maximum Gasteiger partial charge on any atom is 0.326 e. The summed E-state index contributed by atoms with van der Waals surface area (Å²) in [6.45, 7) is 0. The van der Waals surface area contributed by atoms with E-state index >= 15 is 0 Å². The van der Waals surface area contributed by atoms with E-state index in [0.717, 1.165) is 5.56 Å².